The molecule has 1 saturated carbocycles. The standard InChI is InChI=1S/C14H23N3O2/c1-10-11(2)17(9-15-10)8-7-14(3,13(18)19-4)16-12-5-6-12/h9,12,16H,5-8H2,1-4H3. The molecule has 1 heterocycles. The Bertz CT molecular complexity index is 465. The summed E-state index contributed by atoms with van der Waals surface area (Å²) in [6.07, 6.45) is 4.83. The number of carbonyl (C=O) groups is 1. The summed E-state index contributed by atoms with van der Waals surface area (Å²) in [6, 6.07) is 0.467. The number of aromatic nitrogens is 2. The molecular weight excluding hydrogens is 242 g/mol. The van der Waals surface area contributed by atoms with Crippen molar-refractivity contribution in [2.24, 2.45) is 0 Å². The zero-order chi connectivity index (χ0) is 14.0. The van der Waals surface area contributed by atoms with Gasteiger partial charge in [-0.2, -0.15) is 0 Å². The van der Waals surface area contributed by atoms with Gasteiger partial charge in [-0.15, -0.1) is 0 Å². The van der Waals surface area contributed by atoms with Gasteiger partial charge in [0, 0.05) is 18.3 Å². The summed E-state index contributed by atoms with van der Waals surface area (Å²) in [7, 11) is 1.45. The molecule has 1 N–H and O–H groups in total. The van der Waals surface area contributed by atoms with Crippen molar-refractivity contribution in [1.29, 1.82) is 0 Å². The van der Waals surface area contributed by atoms with Gasteiger partial charge in [-0.05, 0) is 40.0 Å². The normalized spacial score (nSPS) is 18.1. The number of carbonyl (C=O) groups excluding carboxylic acids is 1. The Morgan fingerprint density at radius 3 is 2.74 bits per heavy atom. The average molecular weight is 265 g/mol. The van der Waals surface area contributed by atoms with Crippen molar-refractivity contribution in [3.05, 3.63) is 17.7 Å². The van der Waals surface area contributed by atoms with Gasteiger partial charge in [0.2, 0.25) is 0 Å². The van der Waals surface area contributed by atoms with Crippen LogP contribution in [0.25, 0.3) is 0 Å². The van der Waals surface area contributed by atoms with Gasteiger partial charge in [0.1, 0.15) is 5.54 Å². The fourth-order valence-electron chi connectivity index (χ4n) is 2.25. The Morgan fingerprint density at radius 2 is 2.26 bits per heavy atom. The molecule has 5 nitrogen and oxygen atoms in total. The van der Waals surface area contributed by atoms with E-state index in [1.165, 1.54) is 7.11 Å². The lowest BCUT2D eigenvalue weighted by Crippen LogP contribution is -2.51. The number of esters is 1. The predicted molar refractivity (Wildman–Crippen MR) is 72.9 cm³/mol. The van der Waals surface area contributed by atoms with Crippen LogP contribution in [-0.2, 0) is 16.1 Å². The first-order valence-electron chi connectivity index (χ1n) is 6.81. The van der Waals surface area contributed by atoms with E-state index in [1.54, 1.807) is 0 Å². The Balaban J connectivity index is 2.03. The number of nitrogens with one attached hydrogen (secondary N) is 1. The molecule has 1 aromatic rings. The maximum absolute atomic E-state index is 12.0. The van der Waals surface area contributed by atoms with Gasteiger partial charge in [-0.3, -0.25) is 10.1 Å². The van der Waals surface area contributed by atoms with Gasteiger partial charge >= 0.3 is 5.97 Å². The Kier molecular flexibility index (Phi) is 3.94. The van der Waals surface area contributed by atoms with Crippen molar-refractivity contribution >= 4 is 5.97 Å². The highest BCUT2D eigenvalue weighted by Crippen LogP contribution is 2.25. The molecule has 0 saturated heterocycles. The first kappa shape index (κ1) is 14.1. The molecule has 0 aliphatic heterocycles. The summed E-state index contributed by atoms with van der Waals surface area (Å²) in [5, 5.41) is 3.41. The molecule has 0 aromatic carbocycles. The summed E-state index contributed by atoms with van der Waals surface area (Å²) in [5.41, 5.74) is 1.58. The van der Waals surface area contributed by atoms with Crippen LogP contribution < -0.4 is 5.32 Å². The van der Waals surface area contributed by atoms with E-state index in [0.29, 0.717) is 12.5 Å². The van der Waals surface area contributed by atoms with Crippen molar-refractivity contribution in [3.63, 3.8) is 0 Å². The lowest BCUT2D eigenvalue weighted by Gasteiger charge is -2.28. The monoisotopic (exact) mass is 265 g/mol. The highest BCUT2D eigenvalue weighted by Gasteiger charge is 2.39. The van der Waals surface area contributed by atoms with E-state index in [-0.39, 0.29) is 5.97 Å². The second-order valence-corrected chi connectivity index (χ2v) is 5.60. The van der Waals surface area contributed by atoms with E-state index in [4.69, 9.17) is 4.74 Å². The maximum Gasteiger partial charge on any atom is 0.325 e. The molecule has 1 aromatic heterocycles. The highest BCUT2D eigenvalue weighted by atomic mass is 16.5. The highest BCUT2D eigenvalue weighted by molar-refractivity contribution is 5.80. The molecule has 1 aliphatic rings. The fourth-order valence-corrected chi connectivity index (χ4v) is 2.25. The smallest absolute Gasteiger partial charge is 0.325 e. The van der Waals surface area contributed by atoms with Gasteiger partial charge in [0.05, 0.1) is 19.1 Å². The molecule has 5 heteroatoms. The third kappa shape index (κ3) is 3.15. The molecule has 0 amide bonds. The first-order valence-corrected chi connectivity index (χ1v) is 6.81. The van der Waals surface area contributed by atoms with Crippen LogP contribution in [0.15, 0.2) is 6.33 Å². The van der Waals surface area contributed by atoms with Crippen molar-refractivity contribution in [2.45, 2.75) is 58.2 Å². The van der Waals surface area contributed by atoms with E-state index < -0.39 is 5.54 Å². The number of rotatable bonds is 6. The summed E-state index contributed by atoms with van der Waals surface area (Å²) in [6.45, 7) is 6.73. The number of aryl methyl sites for hydroxylation is 2. The van der Waals surface area contributed by atoms with Gasteiger partial charge in [-0.25, -0.2) is 4.98 Å². The van der Waals surface area contributed by atoms with Gasteiger partial charge < -0.3 is 9.30 Å². The first-order chi connectivity index (χ1) is 8.96. The minimum absolute atomic E-state index is 0.186. The van der Waals surface area contributed by atoms with Crippen LogP contribution in [0.1, 0.15) is 37.6 Å². The Labute approximate surface area is 114 Å². The van der Waals surface area contributed by atoms with Crippen molar-refractivity contribution in [1.82, 2.24) is 14.9 Å². The molecule has 0 bridgehead atoms. The summed E-state index contributed by atoms with van der Waals surface area (Å²) in [5.74, 6) is -0.186. The zero-order valence-electron chi connectivity index (χ0n) is 12.2. The van der Waals surface area contributed by atoms with Gasteiger partial charge in [0.15, 0.2) is 0 Å². The Hall–Kier alpha value is -1.36. The minimum Gasteiger partial charge on any atom is -0.468 e. The predicted octanol–water partition coefficient (Wildman–Crippen LogP) is 1.57. The van der Waals surface area contributed by atoms with E-state index >= 15 is 0 Å². The largest absolute Gasteiger partial charge is 0.468 e. The second-order valence-electron chi connectivity index (χ2n) is 5.60. The van der Waals surface area contributed by atoms with Crippen LogP contribution in [0.5, 0.6) is 0 Å². The van der Waals surface area contributed by atoms with Crippen LogP contribution >= 0.6 is 0 Å². The summed E-state index contributed by atoms with van der Waals surface area (Å²) >= 11 is 0. The van der Waals surface area contributed by atoms with Crippen LogP contribution in [0.3, 0.4) is 0 Å². The lowest BCUT2D eigenvalue weighted by atomic mass is 9.97. The molecule has 0 radical (unpaired) electrons. The summed E-state index contributed by atoms with van der Waals surface area (Å²) in [4.78, 5) is 16.3. The Morgan fingerprint density at radius 1 is 1.58 bits per heavy atom. The molecule has 0 spiro atoms. The lowest BCUT2D eigenvalue weighted by molar-refractivity contribution is -0.148. The quantitative estimate of drug-likeness (QED) is 0.793. The van der Waals surface area contributed by atoms with Crippen LogP contribution in [0, 0.1) is 13.8 Å². The minimum atomic E-state index is -0.611. The van der Waals surface area contributed by atoms with Gasteiger partial charge in [0.25, 0.3) is 0 Å². The number of ether oxygens (including phenoxy) is 1. The van der Waals surface area contributed by atoms with Gasteiger partial charge in [-0.1, -0.05) is 0 Å². The molecular formula is C14H23N3O2. The van der Waals surface area contributed by atoms with E-state index in [9.17, 15) is 4.79 Å². The zero-order valence-corrected chi connectivity index (χ0v) is 12.2. The number of imidazole rings is 1. The van der Waals surface area contributed by atoms with E-state index in [1.807, 2.05) is 27.1 Å². The number of hydrogen-bond acceptors (Lipinski definition) is 4. The molecule has 1 fully saturated rings. The number of methoxy groups -OCH3 is 1. The molecule has 1 unspecified atom stereocenters. The SMILES string of the molecule is COC(=O)C(C)(CCn1cnc(C)c1C)NC1CC1. The summed E-state index contributed by atoms with van der Waals surface area (Å²) < 4.78 is 7.03. The average Bonchev–Trinajstić information content (AvgIpc) is 3.14. The number of nitrogens with zero attached hydrogens (tertiary/aromatic N) is 2. The van der Waals surface area contributed by atoms with Crippen molar-refractivity contribution in [3.8, 4) is 0 Å². The van der Waals surface area contributed by atoms with Crippen molar-refractivity contribution < 1.29 is 9.53 Å². The number of hydrogen-bond donors (Lipinski definition) is 1. The molecule has 2 rings (SSSR count). The van der Waals surface area contributed by atoms with E-state index in [2.05, 4.69) is 14.9 Å². The maximum atomic E-state index is 12.0. The molecule has 1 aliphatic carbocycles. The van der Waals surface area contributed by atoms with E-state index in [0.717, 1.165) is 30.8 Å². The van der Waals surface area contributed by atoms with Crippen LogP contribution in [0.2, 0.25) is 0 Å². The molecule has 1 atom stereocenters. The van der Waals surface area contributed by atoms with Crippen LogP contribution in [-0.4, -0.2) is 34.2 Å². The molecule has 106 valence electrons. The third-order valence-corrected chi connectivity index (χ3v) is 3.93. The second kappa shape index (κ2) is 5.33. The molecule has 19 heavy (non-hydrogen) atoms. The van der Waals surface area contributed by atoms with Crippen molar-refractivity contribution in [2.75, 3.05) is 7.11 Å². The third-order valence-electron chi connectivity index (χ3n) is 3.93. The fraction of sp³-hybridized carbons (Fsp3) is 0.714. The topological polar surface area (TPSA) is 56.2 Å². The van der Waals surface area contributed by atoms with Crippen LogP contribution in [0.4, 0.5) is 0 Å².